The monoisotopic (exact) mass is 581 g/mol. The molecule has 0 bridgehead atoms. The summed E-state index contributed by atoms with van der Waals surface area (Å²) in [5, 5.41) is 33.0. The Morgan fingerprint density at radius 1 is 0.561 bits per heavy atom. The molecule has 7 nitrogen and oxygen atoms in total. The number of rotatable bonds is 29. The van der Waals surface area contributed by atoms with Crippen molar-refractivity contribution in [2.45, 2.75) is 181 Å². The second kappa shape index (κ2) is 24.7. The highest BCUT2D eigenvalue weighted by Gasteiger charge is 2.54. The lowest BCUT2D eigenvalue weighted by atomic mass is 9.91. The number of carboxylic acids is 3. The Labute approximate surface area is 251 Å². The molecule has 0 amide bonds. The maximum Gasteiger partial charge on any atom is 0.362 e. The van der Waals surface area contributed by atoms with Gasteiger partial charge in [-0.3, -0.25) is 4.48 Å². The number of carboxylic acid groups (broad SMARTS) is 3. The van der Waals surface area contributed by atoms with Crippen molar-refractivity contribution in [3.8, 4) is 0 Å². The van der Waals surface area contributed by atoms with Gasteiger partial charge in [-0.25, -0.2) is 9.59 Å². The molecule has 0 heterocycles. The van der Waals surface area contributed by atoms with Gasteiger partial charge >= 0.3 is 11.9 Å². The van der Waals surface area contributed by atoms with Crippen LogP contribution in [0.2, 0.25) is 0 Å². The number of nitrogens with zero attached hydrogens (tertiary/aromatic N) is 1. The molecule has 0 saturated carbocycles. The normalized spacial score (nSPS) is 15.4. The Balaban J connectivity index is 4.98. The number of carbonyl (C=O) groups excluding carboxylic acids is 1. The number of unbranched alkanes of at least 4 members (excludes halogenated alkanes) is 13. The van der Waals surface area contributed by atoms with Gasteiger partial charge in [-0.15, -0.1) is 0 Å². The second-order valence-corrected chi connectivity index (χ2v) is 11.9. The van der Waals surface area contributed by atoms with Gasteiger partial charge in [0.05, 0.1) is 12.5 Å². The Morgan fingerprint density at radius 3 is 1.29 bits per heavy atom. The molecular weight excluding hydrogens is 518 g/mol. The standard InChI is InChI=1S/C34H63NO6/c1-5-9-10-11-12-13-14-15-16-17-18-19-20-21-22-23-24-28-35(29(25-6-2)32(36)37,30(26-7-3)33(38)39)31(27-8-4)34(40)41/h10-11,29-31H,5-9,12-28H2,1-4H3,(H2-,36,37,38,39,40,41)/b11-10+. The minimum absolute atomic E-state index is 0.208. The van der Waals surface area contributed by atoms with E-state index in [4.69, 9.17) is 0 Å². The van der Waals surface area contributed by atoms with E-state index in [1.165, 1.54) is 70.6 Å². The first kappa shape index (κ1) is 39.1. The molecule has 0 fully saturated rings. The van der Waals surface area contributed by atoms with Crippen LogP contribution in [0.1, 0.15) is 163 Å². The summed E-state index contributed by atoms with van der Waals surface area (Å²) in [5.41, 5.74) is 0. The Hall–Kier alpha value is -1.89. The summed E-state index contributed by atoms with van der Waals surface area (Å²) < 4.78 is -0.433. The zero-order chi connectivity index (χ0) is 30.9. The van der Waals surface area contributed by atoms with E-state index in [1.807, 2.05) is 20.8 Å². The predicted octanol–water partition coefficient (Wildman–Crippen LogP) is 7.66. The molecule has 240 valence electrons. The molecule has 7 heteroatoms. The number of hydrogen-bond donors (Lipinski definition) is 2. The average Bonchev–Trinajstić information content (AvgIpc) is 2.93. The molecule has 0 aliphatic carbocycles. The third-order valence-corrected chi connectivity index (χ3v) is 8.56. The van der Waals surface area contributed by atoms with Crippen molar-refractivity contribution in [3.05, 3.63) is 12.2 Å². The second-order valence-electron chi connectivity index (χ2n) is 11.9. The number of carbonyl (C=O) groups is 3. The summed E-state index contributed by atoms with van der Waals surface area (Å²) in [4.78, 5) is 37.6. The van der Waals surface area contributed by atoms with Gasteiger partial charge in [0, 0.05) is 19.3 Å². The highest BCUT2D eigenvalue weighted by atomic mass is 16.4. The molecule has 41 heavy (non-hydrogen) atoms. The van der Waals surface area contributed by atoms with E-state index < -0.39 is 40.5 Å². The van der Waals surface area contributed by atoms with Gasteiger partial charge in [0.15, 0.2) is 12.1 Å². The average molecular weight is 582 g/mol. The molecule has 0 aromatic heterocycles. The van der Waals surface area contributed by atoms with E-state index >= 15 is 0 Å². The first-order valence-corrected chi connectivity index (χ1v) is 16.9. The van der Waals surface area contributed by atoms with Gasteiger partial charge in [0.1, 0.15) is 6.04 Å². The van der Waals surface area contributed by atoms with Crippen LogP contribution >= 0.6 is 0 Å². The lowest BCUT2D eigenvalue weighted by Gasteiger charge is -2.52. The van der Waals surface area contributed by atoms with Crippen molar-refractivity contribution in [1.82, 2.24) is 0 Å². The fraction of sp³-hybridized carbons (Fsp3) is 0.853. The lowest BCUT2D eigenvalue weighted by Crippen LogP contribution is -2.74. The van der Waals surface area contributed by atoms with Gasteiger partial charge in [-0.05, 0) is 44.9 Å². The Morgan fingerprint density at radius 2 is 0.927 bits per heavy atom. The molecule has 0 radical (unpaired) electrons. The topological polar surface area (TPSA) is 115 Å². The lowest BCUT2D eigenvalue weighted by molar-refractivity contribution is -0.975. The molecule has 0 saturated heterocycles. The highest BCUT2D eigenvalue weighted by Crippen LogP contribution is 2.34. The molecule has 0 rings (SSSR count). The third kappa shape index (κ3) is 15.2. The first-order chi connectivity index (χ1) is 19.7. The van der Waals surface area contributed by atoms with E-state index in [2.05, 4.69) is 19.1 Å². The van der Waals surface area contributed by atoms with E-state index in [-0.39, 0.29) is 25.8 Å². The Bertz CT molecular complexity index is 662. The highest BCUT2D eigenvalue weighted by molar-refractivity contribution is 5.77. The van der Waals surface area contributed by atoms with Crippen molar-refractivity contribution >= 4 is 17.9 Å². The number of allylic oxidation sites excluding steroid dienone is 2. The van der Waals surface area contributed by atoms with Gasteiger partial charge < -0.3 is 20.1 Å². The molecule has 0 aromatic rings. The maximum atomic E-state index is 12.6. The summed E-state index contributed by atoms with van der Waals surface area (Å²) in [6, 6.07) is -3.32. The van der Waals surface area contributed by atoms with Crippen LogP contribution in [0.3, 0.4) is 0 Å². The zero-order valence-electron chi connectivity index (χ0n) is 26.9. The van der Waals surface area contributed by atoms with E-state index in [9.17, 15) is 29.7 Å². The zero-order valence-corrected chi connectivity index (χ0v) is 26.9. The van der Waals surface area contributed by atoms with Crippen molar-refractivity contribution < 1.29 is 34.2 Å². The SMILES string of the molecule is CCC/C=C/CCCCCCCCCCCCCC[N+](C(CCC)C(=O)[O-])(C(CCC)C(=O)O)C(CCC)C(=O)O. The molecule has 3 unspecified atom stereocenters. The first-order valence-electron chi connectivity index (χ1n) is 16.9. The number of hydrogen-bond acceptors (Lipinski definition) is 4. The van der Waals surface area contributed by atoms with Crippen LogP contribution in [0.25, 0.3) is 0 Å². The third-order valence-electron chi connectivity index (χ3n) is 8.56. The summed E-state index contributed by atoms with van der Waals surface area (Å²) >= 11 is 0. The van der Waals surface area contributed by atoms with Crippen LogP contribution in [0.4, 0.5) is 0 Å². The van der Waals surface area contributed by atoms with Crippen molar-refractivity contribution in [1.29, 1.82) is 0 Å². The smallest absolute Gasteiger partial charge is 0.362 e. The molecule has 0 aliphatic rings. The van der Waals surface area contributed by atoms with Gasteiger partial charge in [0.25, 0.3) is 0 Å². The van der Waals surface area contributed by atoms with Gasteiger partial charge in [0.2, 0.25) is 0 Å². The van der Waals surface area contributed by atoms with Gasteiger partial charge in [-0.2, -0.15) is 0 Å². The molecular formula is C34H63NO6. The van der Waals surface area contributed by atoms with E-state index in [1.54, 1.807) is 0 Å². The summed E-state index contributed by atoms with van der Waals surface area (Å²) in [6.07, 6.45) is 24.2. The minimum atomic E-state index is -1.33. The van der Waals surface area contributed by atoms with Crippen molar-refractivity contribution in [3.63, 3.8) is 0 Å². The predicted molar refractivity (Wildman–Crippen MR) is 166 cm³/mol. The van der Waals surface area contributed by atoms with Gasteiger partial charge in [-0.1, -0.05) is 110 Å². The largest absolute Gasteiger partial charge is 0.544 e. The number of quaternary nitrogens is 1. The fourth-order valence-corrected chi connectivity index (χ4v) is 6.45. The summed E-state index contributed by atoms with van der Waals surface area (Å²) in [5.74, 6) is -3.55. The van der Waals surface area contributed by atoms with Crippen molar-refractivity contribution in [2.24, 2.45) is 0 Å². The van der Waals surface area contributed by atoms with E-state index in [0.717, 1.165) is 19.3 Å². The fourth-order valence-electron chi connectivity index (χ4n) is 6.45. The summed E-state index contributed by atoms with van der Waals surface area (Å²) in [6.45, 7) is 8.02. The van der Waals surface area contributed by atoms with Crippen LogP contribution in [0.5, 0.6) is 0 Å². The summed E-state index contributed by atoms with van der Waals surface area (Å²) in [7, 11) is 0. The van der Waals surface area contributed by atoms with Crippen LogP contribution in [-0.4, -0.2) is 57.3 Å². The molecule has 0 aliphatic heterocycles. The Kier molecular flexibility index (Phi) is 23.5. The van der Waals surface area contributed by atoms with E-state index in [0.29, 0.717) is 25.7 Å². The number of aliphatic carboxylic acids is 3. The van der Waals surface area contributed by atoms with Crippen molar-refractivity contribution in [2.75, 3.05) is 6.54 Å². The van der Waals surface area contributed by atoms with Crippen LogP contribution < -0.4 is 5.11 Å². The van der Waals surface area contributed by atoms with Crippen LogP contribution in [-0.2, 0) is 14.4 Å². The molecule has 2 N–H and O–H groups in total. The van der Waals surface area contributed by atoms with Crippen LogP contribution in [0, 0.1) is 0 Å². The molecule has 3 atom stereocenters. The maximum absolute atomic E-state index is 12.6. The van der Waals surface area contributed by atoms with Crippen LogP contribution in [0.15, 0.2) is 12.2 Å². The molecule has 0 aromatic carbocycles. The minimum Gasteiger partial charge on any atom is -0.544 e. The molecule has 0 spiro atoms. The quantitative estimate of drug-likeness (QED) is 0.0532.